The van der Waals surface area contributed by atoms with E-state index >= 15 is 0 Å². The fraction of sp³-hybridized carbons (Fsp3) is 0.222. The van der Waals surface area contributed by atoms with E-state index in [4.69, 9.17) is 5.73 Å². The molecule has 2 heterocycles. The number of thiazole rings is 1. The number of nitrogens with zero attached hydrogens (tertiary/aromatic N) is 1. The highest BCUT2D eigenvalue weighted by atomic mass is 32.1. The maximum absolute atomic E-state index is 5.53. The van der Waals surface area contributed by atoms with Crippen LogP contribution >= 0.6 is 22.7 Å². The van der Waals surface area contributed by atoms with E-state index in [-0.39, 0.29) is 0 Å². The van der Waals surface area contributed by atoms with Crippen LogP contribution in [0.15, 0.2) is 23.0 Å². The van der Waals surface area contributed by atoms with Gasteiger partial charge in [-0.1, -0.05) is 0 Å². The van der Waals surface area contributed by atoms with Gasteiger partial charge in [-0.05, 0) is 24.4 Å². The molecule has 68 valence electrons. The number of rotatable bonds is 3. The summed E-state index contributed by atoms with van der Waals surface area (Å²) in [6.07, 6.45) is 2.79. The van der Waals surface area contributed by atoms with E-state index in [2.05, 4.69) is 16.4 Å². The van der Waals surface area contributed by atoms with E-state index in [9.17, 15) is 0 Å². The highest BCUT2D eigenvalue weighted by molar-refractivity contribution is 7.14. The summed E-state index contributed by atoms with van der Waals surface area (Å²) in [5.41, 5.74) is 6.79. The van der Waals surface area contributed by atoms with Gasteiger partial charge in [-0.3, -0.25) is 0 Å². The maximum atomic E-state index is 5.53. The molecule has 13 heavy (non-hydrogen) atoms. The van der Waals surface area contributed by atoms with Gasteiger partial charge < -0.3 is 5.73 Å². The molecule has 4 heteroatoms. The Kier molecular flexibility index (Phi) is 2.73. The van der Waals surface area contributed by atoms with E-state index in [0.29, 0.717) is 6.54 Å². The molecule has 0 spiro atoms. The third-order valence-corrected chi connectivity index (χ3v) is 3.57. The van der Waals surface area contributed by atoms with Crippen molar-refractivity contribution in [3.05, 3.63) is 27.9 Å². The zero-order chi connectivity index (χ0) is 9.10. The van der Waals surface area contributed by atoms with Crippen molar-refractivity contribution in [2.45, 2.75) is 6.42 Å². The molecule has 2 aromatic heterocycles. The highest BCUT2D eigenvalue weighted by Gasteiger charge is 2.07. The molecular weight excluding hydrogens is 200 g/mol. The van der Waals surface area contributed by atoms with Crippen molar-refractivity contribution in [3.63, 3.8) is 0 Å². The lowest BCUT2D eigenvalue weighted by atomic mass is 10.2. The Labute approximate surface area is 85.1 Å². The summed E-state index contributed by atoms with van der Waals surface area (Å²) in [5, 5.41) is 5.20. The van der Waals surface area contributed by atoms with E-state index in [0.717, 1.165) is 11.4 Å². The minimum absolute atomic E-state index is 0.707. The van der Waals surface area contributed by atoms with Crippen LogP contribution in [0.25, 0.3) is 10.6 Å². The smallest absolute Gasteiger partial charge is 0.124 e. The number of aromatic nitrogens is 1. The molecule has 2 N–H and O–H groups in total. The van der Waals surface area contributed by atoms with Crippen LogP contribution < -0.4 is 5.73 Å². The number of hydrogen-bond donors (Lipinski definition) is 1. The molecule has 0 amide bonds. The number of thiophene rings is 1. The molecule has 0 bridgehead atoms. The fourth-order valence-corrected chi connectivity index (χ4v) is 2.86. The van der Waals surface area contributed by atoms with Crippen molar-refractivity contribution >= 4 is 22.7 Å². The maximum Gasteiger partial charge on any atom is 0.124 e. The first-order valence-electron chi connectivity index (χ1n) is 4.08. The van der Waals surface area contributed by atoms with Gasteiger partial charge >= 0.3 is 0 Å². The van der Waals surface area contributed by atoms with Gasteiger partial charge in [0, 0.05) is 22.0 Å². The largest absolute Gasteiger partial charge is 0.330 e. The first kappa shape index (κ1) is 8.87. The minimum atomic E-state index is 0.707. The van der Waals surface area contributed by atoms with Crippen LogP contribution in [0, 0.1) is 0 Å². The van der Waals surface area contributed by atoms with E-state index in [1.165, 1.54) is 10.4 Å². The average Bonchev–Trinajstić information content (AvgIpc) is 2.71. The Morgan fingerprint density at radius 1 is 1.31 bits per heavy atom. The van der Waals surface area contributed by atoms with Crippen molar-refractivity contribution < 1.29 is 0 Å². The molecule has 0 atom stereocenters. The van der Waals surface area contributed by atoms with Gasteiger partial charge in [0.25, 0.3) is 0 Å². The van der Waals surface area contributed by atoms with Gasteiger partial charge in [0.15, 0.2) is 0 Å². The molecule has 2 aromatic rings. The lowest BCUT2D eigenvalue weighted by molar-refractivity contribution is 0.989. The lowest BCUT2D eigenvalue weighted by Gasteiger charge is -1.97. The molecule has 0 aliphatic heterocycles. The monoisotopic (exact) mass is 210 g/mol. The van der Waals surface area contributed by atoms with Crippen molar-refractivity contribution in [3.8, 4) is 10.6 Å². The molecule has 2 rings (SSSR count). The molecule has 0 radical (unpaired) electrons. The molecule has 0 unspecified atom stereocenters. The van der Waals surface area contributed by atoms with Gasteiger partial charge in [-0.15, -0.1) is 22.7 Å². The van der Waals surface area contributed by atoms with Crippen molar-refractivity contribution in [2.75, 3.05) is 6.54 Å². The summed E-state index contributed by atoms with van der Waals surface area (Å²) >= 11 is 3.43. The van der Waals surface area contributed by atoms with Crippen LogP contribution in [0.4, 0.5) is 0 Å². The van der Waals surface area contributed by atoms with Crippen LogP contribution in [0.2, 0.25) is 0 Å². The lowest BCUT2D eigenvalue weighted by Crippen LogP contribution is -2.01. The second-order valence-corrected chi connectivity index (χ2v) is 4.53. The van der Waals surface area contributed by atoms with Gasteiger partial charge in [0.2, 0.25) is 0 Å². The molecule has 0 fully saturated rings. The molecular formula is C9H10N2S2. The molecule has 0 saturated heterocycles. The Balaban J connectivity index is 2.35. The highest BCUT2D eigenvalue weighted by Crippen LogP contribution is 2.29. The Hall–Kier alpha value is -0.710. The number of hydrogen-bond acceptors (Lipinski definition) is 4. The predicted octanol–water partition coefficient (Wildman–Crippen LogP) is 2.37. The van der Waals surface area contributed by atoms with Gasteiger partial charge in [-0.2, -0.15) is 0 Å². The summed E-state index contributed by atoms with van der Waals surface area (Å²) in [5.74, 6) is 0. The van der Waals surface area contributed by atoms with E-state index in [1.54, 1.807) is 22.7 Å². The third kappa shape index (κ3) is 1.80. The molecule has 0 aliphatic carbocycles. The van der Waals surface area contributed by atoms with E-state index in [1.807, 2.05) is 11.6 Å². The van der Waals surface area contributed by atoms with Gasteiger partial charge in [-0.25, -0.2) is 4.98 Å². The topological polar surface area (TPSA) is 38.9 Å². The minimum Gasteiger partial charge on any atom is -0.330 e. The molecule has 0 aromatic carbocycles. The zero-order valence-electron chi connectivity index (χ0n) is 7.06. The van der Waals surface area contributed by atoms with Crippen LogP contribution in [0.1, 0.15) is 4.88 Å². The predicted molar refractivity (Wildman–Crippen MR) is 58.2 cm³/mol. The summed E-state index contributed by atoms with van der Waals surface area (Å²) < 4.78 is 0. The Morgan fingerprint density at radius 2 is 2.23 bits per heavy atom. The summed E-state index contributed by atoms with van der Waals surface area (Å²) in [7, 11) is 0. The standard InChI is InChI=1S/C9H10N2S2/c10-3-1-8-7(2-5-12-8)9-11-4-6-13-9/h2,4-6H,1,3,10H2. The van der Waals surface area contributed by atoms with Crippen molar-refractivity contribution in [1.82, 2.24) is 4.98 Å². The second-order valence-electron chi connectivity index (χ2n) is 2.63. The zero-order valence-corrected chi connectivity index (χ0v) is 8.70. The molecule has 0 saturated carbocycles. The van der Waals surface area contributed by atoms with Crippen LogP contribution in [0.5, 0.6) is 0 Å². The molecule has 2 nitrogen and oxygen atoms in total. The van der Waals surface area contributed by atoms with Crippen LogP contribution in [0.3, 0.4) is 0 Å². The Bertz CT molecular complexity index is 365. The first-order valence-corrected chi connectivity index (χ1v) is 5.84. The van der Waals surface area contributed by atoms with Crippen molar-refractivity contribution in [1.29, 1.82) is 0 Å². The average molecular weight is 210 g/mol. The van der Waals surface area contributed by atoms with E-state index < -0.39 is 0 Å². The summed E-state index contributed by atoms with van der Waals surface area (Å²) in [4.78, 5) is 5.63. The van der Waals surface area contributed by atoms with Crippen LogP contribution in [-0.2, 0) is 6.42 Å². The Morgan fingerprint density at radius 3 is 2.92 bits per heavy atom. The first-order chi connectivity index (χ1) is 6.42. The summed E-state index contributed by atoms with van der Waals surface area (Å²) in [6, 6.07) is 2.12. The fourth-order valence-electron chi connectivity index (χ4n) is 1.21. The third-order valence-electron chi connectivity index (χ3n) is 1.78. The quantitative estimate of drug-likeness (QED) is 0.844. The van der Waals surface area contributed by atoms with Crippen molar-refractivity contribution in [2.24, 2.45) is 5.73 Å². The summed E-state index contributed by atoms with van der Waals surface area (Å²) in [6.45, 7) is 0.707. The van der Waals surface area contributed by atoms with Gasteiger partial charge in [0.05, 0.1) is 0 Å². The second kappa shape index (κ2) is 4.00. The van der Waals surface area contributed by atoms with Gasteiger partial charge in [0.1, 0.15) is 5.01 Å². The number of nitrogens with two attached hydrogens (primary N) is 1. The normalized spacial score (nSPS) is 10.5. The van der Waals surface area contributed by atoms with Crippen LogP contribution in [-0.4, -0.2) is 11.5 Å². The molecule has 0 aliphatic rings. The SMILES string of the molecule is NCCc1sccc1-c1nccs1.